The number of nitrogen functional groups attached to an aromatic ring is 1. The van der Waals surface area contributed by atoms with Crippen molar-refractivity contribution in [3.63, 3.8) is 0 Å². The maximum absolute atomic E-state index is 12.5. The van der Waals surface area contributed by atoms with Crippen LogP contribution < -0.4 is 11.2 Å². The zero-order valence-electron chi connectivity index (χ0n) is 14.8. The number of aromatic nitrogens is 5. The fourth-order valence-corrected chi connectivity index (χ4v) is 2.40. The molecular weight excluding hydrogens is 370 g/mol. The Morgan fingerprint density at radius 3 is 2.86 bits per heavy atom. The molecule has 0 aliphatic rings. The van der Waals surface area contributed by atoms with Crippen LogP contribution in [0.15, 0.2) is 34.0 Å². The van der Waals surface area contributed by atoms with Gasteiger partial charge in [0, 0.05) is 17.7 Å². The van der Waals surface area contributed by atoms with Crippen LogP contribution in [0.1, 0.15) is 41.5 Å². The zero-order chi connectivity index (χ0) is 20.3. The van der Waals surface area contributed by atoms with E-state index in [1.54, 1.807) is 6.07 Å². The summed E-state index contributed by atoms with van der Waals surface area (Å²) in [5.41, 5.74) is 8.82. The van der Waals surface area contributed by atoms with E-state index < -0.39 is 10.8 Å². The Balaban J connectivity index is 1.81. The largest absolute Gasteiger partial charge is 0.378 e. The molecule has 3 aromatic rings. The fourth-order valence-electron chi connectivity index (χ4n) is 2.40. The van der Waals surface area contributed by atoms with E-state index >= 15 is 0 Å². The second kappa shape index (κ2) is 7.61. The summed E-state index contributed by atoms with van der Waals surface area (Å²) < 4.78 is 5.83. The molecule has 3 N–H and O–H groups in total. The number of hydrazone groups is 1. The van der Waals surface area contributed by atoms with Crippen LogP contribution in [-0.2, 0) is 0 Å². The van der Waals surface area contributed by atoms with Crippen LogP contribution in [0, 0.1) is 10.1 Å². The molecular formula is C15H15N9O4. The summed E-state index contributed by atoms with van der Waals surface area (Å²) in [5, 5.41) is 29.5. The molecule has 0 aliphatic carbocycles. The van der Waals surface area contributed by atoms with Crippen LogP contribution in [0.3, 0.4) is 0 Å². The van der Waals surface area contributed by atoms with Crippen molar-refractivity contribution in [2.24, 2.45) is 5.10 Å². The van der Waals surface area contributed by atoms with Gasteiger partial charge in [0.1, 0.15) is 0 Å². The van der Waals surface area contributed by atoms with Gasteiger partial charge in [0.2, 0.25) is 11.6 Å². The average molecular weight is 385 g/mol. The molecule has 0 unspecified atom stereocenters. The Morgan fingerprint density at radius 1 is 1.43 bits per heavy atom. The number of nitrogens with two attached hydrogens (primary N) is 1. The average Bonchev–Trinajstić information content (AvgIpc) is 3.27. The van der Waals surface area contributed by atoms with Gasteiger partial charge in [-0.2, -0.15) is 9.78 Å². The van der Waals surface area contributed by atoms with Gasteiger partial charge in [0.05, 0.1) is 16.8 Å². The van der Waals surface area contributed by atoms with Crippen LogP contribution in [0.2, 0.25) is 0 Å². The van der Waals surface area contributed by atoms with Gasteiger partial charge in [-0.15, -0.1) is 5.10 Å². The van der Waals surface area contributed by atoms with E-state index in [1.165, 1.54) is 29.1 Å². The van der Waals surface area contributed by atoms with Gasteiger partial charge < -0.3 is 5.73 Å². The first-order valence-corrected chi connectivity index (χ1v) is 8.00. The lowest BCUT2D eigenvalue weighted by molar-refractivity contribution is -0.384. The lowest BCUT2D eigenvalue weighted by Crippen LogP contribution is -2.21. The SMILES string of the molecule is CC(C)c1c(C(=O)N/N=C/c2cccc([N+](=O)[O-])c2)nnn1-c1nonc1N. The minimum Gasteiger partial charge on any atom is -0.378 e. The lowest BCUT2D eigenvalue weighted by Gasteiger charge is -2.08. The third-order valence-corrected chi connectivity index (χ3v) is 3.62. The maximum atomic E-state index is 12.5. The van der Waals surface area contributed by atoms with Gasteiger partial charge in [-0.05, 0) is 16.2 Å². The van der Waals surface area contributed by atoms with E-state index in [-0.39, 0.29) is 28.9 Å². The van der Waals surface area contributed by atoms with Crippen molar-refractivity contribution in [2.45, 2.75) is 19.8 Å². The highest BCUT2D eigenvalue weighted by molar-refractivity contribution is 5.94. The predicted octanol–water partition coefficient (Wildman–Crippen LogP) is 1.03. The van der Waals surface area contributed by atoms with Crippen molar-refractivity contribution >= 4 is 23.6 Å². The minimum atomic E-state index is -0.619. The first kappa shape index (κ1) is 18.6. The molecule has 0 spiro atoms. The van der Waals surface area contributed by atoms with Crippen LogP contribution in [0.5, 0.6) is 0 Å². The normalized spacial score (nSPS) is 11.2. The Hall–Kier alpha value is -4.16. The molecule has 144 valence electrons. The molecule has 0 fully saturated rings. The monoisotopic (exact) mass is 385 g/mol. The second-order valence-electron chi connectivity index (χ2n) is 5.91. The first-order chi connectivity index (χ1) is 13.4. The molecule has 0 saturated carbocycles. The van der Waals surface area contributed by atoms with Gasteiger partial charge in [-0.3, -0.25) is 14.9 Å². The number of anilines is 1. The molecule has 0 atom stereocenters. The van der Waals surface area contributed by atoms with Gasteiger partial charge in [0.15, 0.2) is 5.69 Å². The topological polar surface area (TPSA) is 180 Å². The summed E-state index contributed by atoms with van der Waals surface area (Å²) >= 11 is 0. The van der Waals surface area contributed by atoms with Crippen LogP contribution >= 0.6 is 0 Å². The molecule has 13 heteroatoms. The summed E-state index contributed by atoms with van der Waals surface area (Å²) in [6.45, 7) is 3.67. The molecule has 0 saturated heterocycles. The Bertz CT molecular complexity index is 1050. The summed E-state index contributed by atoms with van der Waals surface area (Å²) in [6, 6.07) is 5.80. The van der Waals surface area contributed by atoms with Gasteiger partial charge in [-0.25, -0.2) is 10.1 Å². The number of carbonyl (C=O) groups excluding carboxylic acids is 1. The Morgan fingerprint density at radius 2 is 2.21 bits per heavy atom. The number of carbonyl (C=O) groups is 1. The van der Waals surface area contributed by atoms with Crippen LogP contribution in [0.25, 0.3) is 5.82 Å². The number of nitro groups is 1. The van der Waals surface area contributed by atoms with Crippen molar-refractivity contribution in [1.82, 2.24) is 30.7 Å². The summed E-state index contributed by atoms with van der Waals surface area (Å²) in [7, 11) is 0. The molecule has 0 bridgehead atoms. The standard InChI is InChI=1S/C15H15N9O4/c1-8(2)12-11(18-22-23(12)14-13(16)20-28-21-14)15(25)19-17-7-9-4-3-5-10(6-9)24(26)27/h3-8H,1-2H3,(H2,16,20)(H,19,25)/b17-7+. The van der Waals surface area contributed by atoms with Crippen LogP contribution in [-0.4, -0.2) is 42.4 Å². The Kier molecular flexibility index (Phi) is 5.06. The molecule has 2 heterocycles. The summed E-state index contributed by atoms with van der Waals surface area (Å²) in [4.78, 5) is 22.7. The molecule has 28 heavy (non-hydrogen) atoms. The predicted molar refractivity (Wildman–Crippen MR) is 95.9 cm³/mol. The molecule has 13 nitrogen and oxygen atoms in total. The van der Waals surface area contributed by atoms with E-state index in [1.807, 2.05) is 13.8 Å². The number of non-ortho nitro benzene ring substituents is 1. The van der Waals surface area contributed by atoms with Crippen molar-refractivity contribution in [3.05, 3.63) is 51.3 Å². The molecule has 2 aromatic heterocycles. The third-order valence-electron chi connectivity index (χ3n) is 3.62. The molecule has 1 aromatic carbocycles. The lowest BCUT2D eigenvalue weighted by atomic mass is 10.1. The van der Waals surface area contributed by atoms with Gasteiger partial charge in [-0.1, -0.05) is 31.2 Å². The quantitative estimate of drug-likeness (QED) is 0.356. The van der Waals surface area contributed by atoms with E-state index in [0.29, 0.717) is 11.3 Å². The highest BCUT2D eigenvalue weighted by Gasteiger charge is 2.25. The third kappa shape index (κ3) is 3.67. The van der Waals surface area contributed by atoms with Crippen molar-refractivity contribution in [3.8, 4) is 5.82 Å². The zero-order valence-corrected chi connectivity index (χ0v) is 14.8. The highest BCUT2D eigenvalue weighted by atomic mass is 16.6. The molecule has 0 radical (unpaired) electrons. The minimum absolute atomic E-state index is 0.00227. The van der Waals surface area contributed by atoms with Crippen molar-refractivity contribution in [2.75, 3.05) is 5.73 Å². The number of benzene rings is 1. The fraction of sp³-hybridized carbons (Fsp3) is 0.200. The number of nitrogens with one attached hydrogen (secondary N) is 1. The van der Waals surface area contributed by atoms with E-state index in [2.05, 4.69) is 35.8 Å². The maximum Gasteiger partial charge on any atom is 0.293 e. The van der Waals surface area contributed by atoms with Crippen molar-refractivity contribution < 1.29 is 14.3 Å². The van der Waals surface area contributed by atoms with E-state index in [0.717, 1.165) is 0 Å². The number of rotatable bonds is 6. The first-order valence-electron chi connectivity index (χ1n) is 8.00. The number of nitro benzene ring substituents is 1. The van der Waals surface area contributed by atoms with Crippen molar-refractivity contribution in [1.29, 1.82) is 0 Å². The molecule has 3 rings (SSSR count). The van der Waals surface area contributed by atoms with Gasteiger partial charge in [0.25, 0.3) is 11.6 Å². The van der Waals surface area contributed by atoms with E-state index in [4.69, 9.17) is 5.73 Å². The molecule has 0 aliphatic heterocycles. The highest BCUT2D eigenvalue weighted by Crippen LogP contribution is 2.22. The summed E-state index contributed by atoms with van der Waals surface area (Å²) in [5.74, 6) is -0.656. The number of hydrogen-bond donors (Lipinski definition) is 2. The number of amides is 1. The smallest absolute Gasteiger partial charge is 0.293 e. The van der Waals surface area contributed by atoms with Gasteiger partial charge >= 0.3 is 0 Å². The molecule has 1 amide bonds. The van der Waals surface area contributed by atoms with Crippen LogP contribution in [0.4, 0.5) is 11.5 Å². The number of hydrogen-bond acceptors (Lipinski definition) is 10. The van der Waals surface area contributed by atoms with E-state index in [9.17, 15) is 14.9 Å². The second-order valence-corrected chi connectivity index (χ2v) is 5.91. The number of nitrogens with zero attached hydrogens (tertiary/aromatic N) is 7. The summed E-state index contributed by atoms with van der Waals surface area (Å²) in [6.07, 6.45) is 1.28. The Labute approximate surface area is 157 Å².